The molecule has 3 nitrogen and oxygen atoms in total. The first-order chi connectivity index (χ1) is 9.24. The average molecular weight is 266 g/mol. The van der Waals surface area contributed by atoms with E-state index in [2.05, 4.69) is 16.8 Å². The van der Waals surface area contributed by atoms with Gasteiger partial charge in [0.1, 0.15) is 6.17 Å². The largest absolute Gasteiger partial charge is 0.374 e. The van der Waals surface area contributed by atoms with E-state index in [1.54, 1.807) is 0 Å². The number of ether oxygens (including phenoxy) is 1. The highest BCUT2D eigenvalue weighted by atomic mass is 19.1. The second kappa shape index (κ2) is 7.58. The lowest BCUT2D eigenvalue weighted by Crippen LogP contribution is -2.46. The molecule has 1 aromatic rings. The predicted octanol–water partition coefficient (Wildman–Crippen LogP) is 1.79. The Morgan fingerprint density at radius 2 is 1.84 bits per heavy atom. The summed E-state index contributed by atoms with van der Waals surface area (Å²) in [6.07, 6.45) is -0.896. The number of likely N-dealkylation sites (N-methyl/N-ethyl adjacent to an activating group) is 1. The van der Waals surface area contributed by atoms with Crippen LogP contribution >= 0.6 is 0 Å². The number of alkyl halides is 1. The smallest absolute Gasteiger partial charge is 0.136 e. The highest BCUT2D eigenvalue weighted by Crippen LogP contribution is 2.05. The quantitative estimate of drug-likeness (QED) is 0.781. The summed E-state index contributed by atoms with van der Waals surface area (Å²) in [4.78, 5) is 4.45. The minimum atomic E-state index is -0.896. The normalized spacial score (nSPS) is 19.5. The van der Waals surface area contributed by atoms with Crippen LogP contribution in [0.2, 0.25) is 0 Å². The molecular formula is C15H23FN2O. The van der Waals surface area contributed by atoms with Crippen LogP contribution < -0.4 is 0 Å². The minimum Gasteiger partial charge on any atom is -0.374 e. The molecule has 0 amide bonds. The first-order valence-electron chi connectivity index (χ1n) is 6.90. The van der Waals surface area contributed by atoms with E-state index in [0.29, 0.717) is 13.2 Å². The van der Waals surface area contributed by atoms with E-state index < -0.39 is 6.17 Å². The van der Waals surface area contributed by atoms with Crippen LogP contribution in [-0.4, -0.2) is 62.3 Å². The zero-order chi connectivity index (χ0) is 13.5. The van der Waals surface area contributed by atoms with Crippen LogP contribution in [0.5, 0.6) is 0 Å². The lowest BCUT2D eigenvalue weighted by molar-refractivity contribution is 0.0428. The van der Waals surface area contributed by atoms with E-state index in [-0.39, 0.29) is 6.61 Å². The fourth-order valence-electron chi connectivity index (χ4n) is 2.24. The van der Waals surface area contributed by atoms with Gasteiger partial charge in [-0.15, -0.1) is 0 Å². The van der Waals surface area contributed by atoms with Gasteiger partial charge in [0.2, 0.25) is 0 Å². The zero-order valence-corrected chi connectivity index (χ0v) is 11.6. The standard InChI is InChI=1S/C15H23FN2O/c1-17-7-9-18(10-8-17)11-15(16)13-19-12-14-5-3-2-4-6-14/h2-6,15H,7-13H2,1H3/t15-/m0/s1. The lowest BCUT2D eigenvalue weighted by atomic mass is 10.2. The molecule has 106 valence electrons. The maximum atomic E-state index is 13.8. The Bertz CT molecular complexity index is 352. The molecule has 0 aliphatic carbocycles. The van der Waals surface area contributed by atoms with Gasteiger partial charge in [0.05, 0.1) is 13.2 Å². The topological polar surface area (TPSA) is 15.7 Å². The van der Waals surface area contributed by atoms with E-state index in [0.717, 1.165) is 31.7 Å². The van der Waals surface area contributed by atoms with Crippen LogP contribution in [0.3, 0.4) is 0 Å². The van der Waals surface area contributed by atoms with Crippen molar-refractivity contribution in [1.29, 1.82) is 0 Å². The minimum absolute atomic E-state index is 0.182. The van der Waals surface area contributed by atoms with Gasteiger partial charge < -0.3 is 9.64 Å². The molecule has 0 radical (unpaired) electrons. The first kappa shape index (κ1) is 14.4. The molecule has 4 heteroatoms. The molecule has 1 atom stereocenters. The van der Waals surface area contributed by atoms with Crippen molar-refractivity contribution in [1.82, 2.24) is 9.80 Å². The summed E-state index contributed by atoms with van der Waals surface area (Å²) >= 11 is 0. The van der Waals surface area contributed by atoms with Gasteiger partial charge in [0.25, 0.3) is 0 Å². The summed E-state index contributed by atoms with van der Waals surface area (Å²) in [6.45, 7) is 5.12. The number of nitrogens with zero attached hydrogens (tertiary/aromatic N) is 2. The Morgan fingerprint density at radius 3 is 2.53 bits per heavy atom. The molecule has 1 aliphatic heterocycles. The van der Waals surface area contributed by atoms with Crippen molar-refractivity contribution < 1.29 is 9.13 Å². The molecular weight excluding hydrogens is 243 g/mol. The van der Waals surface area contributed by atoms with Gasteiger partial charge in [-0.25, -0.2) is 4.39 Å². The third-order valence-electron chi connectivity index (χ3n) is 3.46. The Morgan fingerprint density at radius 1 is 1.16 bits per heavy atom. The molecule has 0 saturated carbocycles. The number of benzene rings is 1. The van der Waals surface area contributed by atoms with Gasteiger partial charge in [0.15, 0.2) is 0 Å². The maximum absolute atomic E-state index is 13.8. The number of hydrogen-bond donors (Lipinski definition) is 0. The molecule has 0 bridgehead atoms. The van der Waals surface area contributed by atoms with Crippen molar-refractivity contribution in [2.75, 3.05) is 46.4 Å². The lowest BCUT2D eigenvalue weighted by Gasteiger charge is -2.32. The van der Waals surface area contributed by atoms with E-state index >= 15 is 0 Å². The van der Waals surface area contributed by atoms with Crippen LogP contribution in [0.4, 0.5) is 4.39 Å². The van der Waals surface area contributed by atoms with Gasteiger partial charge in [-0.3, -0.25) is 4.90 Å². The van der Waals surface area contributed by atoms with E-state index in [9.17, 15) is 4.39 Å². The summed E-state index contributed by atoms with van der Waals surface area (Å²) in [6, 6.07) is 9.89. The van der Waals surface area contributed by atoms with Crippen LogP contribution in [-0.2, 0) is 11.3 Å². The molecule has 1 aromatic carbocycles. The van der Waals surface area contributed by atoms with Crippen molar-refractivity contribution in [3.05, 3.63) is 35.9 Å². The summed E-state index contributed by atoms with van der Waals surface area (Å²) in [5.74, 6) is 0. The molecule has 0 unspecified atom stereocenters. The fraction of sp³-hybridized carbons (Fsp3) is 0.600. The van der Waals surface area contributed by atoms with Crippen molar-refractivity contribution >= 4 is 0 Å². The Labute approximate surface area is 115 Å². The molecule has 1 aliphatic rings. The maximum Gasteiger partial charge on any atom is 0.136 e. The Balaban J connectivity index is 1.61. The van der Waals surface area contributed by atoms with Crippen LogP contribution in [0.25, 0.3) is 0 Å². The monoisotopic (exact) mass is 266 g/mol. The molecule has 0 spiro atoms. The van der Waals surface area contributed by atoms with Gasteiger partial charge in [-0.1, -0.05) is 30.3 Å². The molecule has 0 aromatic heterocycles. The molecule has 1 fully saturated rings. The molecule has 0 N–H and O–H groups in total. The summed E-state index contributed by atoms with van der Waals surface area (Å²) in [5, 5.41) is 0. The zero-order valence-electron chi connectivity index (χ0n) is 11.6. The highest BCUT2D eigenvalue weighted by molar-refractivity contribution is 5.13. The molecule has 2 rings (SSSR count). The van der Waals surface area contributed by atoms with Gasteiger partial charge >= 0.3 is 0 Å². The SMILES string of the molecule is CN1CCN(C[C@H](F)COCc2ccccc2)CC1. The number of hydrogen-bond acceptors (Lipinski definition) is 3. The summed E-state index contributed by atoms with van der Waals surface area (Å²) in [7, 11) is 2.10. The number of rotatable bonds is 6. The Kier molecular flexibility index (Phi) is 5.76. The second-order valence-corrected chi connectivity index (χ2v) is 5.20. The Hall–Kier alpha value is -0.970. The average Bonchev–Trinajstić information content (AvgIpc) is 2.43. The van der Waals surface area contributed by atoms with E-state index in [4.69, 9.17) is 4.74 Å². The fourth-order valence-corrected chi connectivity index (χ4v) is 2.24. The van der Waals surface area contributed by atoms with Gasteiger partial charge in [-0.05, 0) is 12.6 Å². The highest BCUT2D eigenvalue weighted by Gasteiger charge is 2.17. The van der Waals surface area contributed by atoms with Crippen molar-refractivity contribution in [3.8, 4) is 0 Å². The van der Waals surface area contributed by atoms with Gasteiger partial charge in [-0.2, -0.15) is 0 Å². The third-order valence-corrected chi connectivity index (χ3v) is 3.46. The number of halogens is 1. The second-order valence-electron chi connectivity index (χ2n) is 5.20. The van der Waals surface area contributed by atoms with Crippen molar-refractivity contribution in [2.45, 2.75) is 12.8 Å². The van der Waals surface area contributed by atoms with Crippen LogP contribution in [0.15, 0.2) is 30.3 Å². The van der Waals surface area contributed by atoms with E-state index in [1.807, 2.05) is 30.3 Å². The van der Waals surface area contributed by atoms with Crippen molar-refractivity contribution in [3.63, 3.8) is 0 Å². The summed E-state index contributed by atoms with van der Waals surface area (Å²) in [5.41, 5.74) is 1.09. The molecule has 1 saturated heterocycles. The third kappa shape index (κ3) is 5.27. The summed E-state index contributed by atoms with van der Waals surface area (Å²) < 4.78 is 19.2. The van der Waals surface area contributed by atoms with Crippen LogP contribution in [0, 0.1) is 0 Å². The van der Waals surface area contributed by atoms with Gasteiger partial charge in [0, 0.05) is 32.7 Å². The van der Waals surface area contributed by atoms with Crippen LogP contribution in [0.1, 0.15) is 5.56 Å². The molecule has 1 heterocycles. The molecule has 19 heavy (non-hydrogen) atoms. The predicted molar refractivity (Wildman–Crippen MR) is 74.9 cm³/mol. The van der Waals surface area contributed by atoms with E-state index in [1.165, 1.54) is 0 Å². The number of piperazine rings is 1. The van der Waals surface area contributed by atoms with Crippen molar-refractivity contribution in [2.24, 2.45) is 0 Å². The first-order valence-corrected chi connectivity index (χ1v) is 6.90.